The Bertz CT molecular complexity index is 1750. The lowest BCUT2D eigenvalue weighted by molar-refractivity contribution is -0.362. The van der Waals surface area contributed by atoms with Gasteiger partial charge in [-0.05, 0) is 111 Å². The molecular weight excluding hydrogens is 836 g/mol. The smallest absolute Gasteiger partial charge is 0.315 e. The molecule has 0 aromatic carbocycles. The second kappa shape index (κ2) is 17.2. The summed E-state index contributed by atoms with van der Waals surface area (Å²) in [6, 6.07) is 0. The van der Waals surface area contributed by atoms with Crippen LogP contribution in [0.4, 0.5) is 0 Å². The van der Waals surface area contributed by atoms with E-state index in [-0.39, 0.29) is 52.6 Å². The monoisotopic (exact) mass is 913 g/mol. The fourth-order valence-corrected chi connectivity index (χ4v) is 14.7. The Morgan fingerprint density at radius 2 is 1.39 bits per heavy atom. The first-order valence-electron chi connectivity index (χ1n) is 23.7. The zero-order valence-electron chi connectivity index (χ0n) is 38.5. The number of hydrogen-bond acceptors (Lipinski definition) is 17. The van der Waals surface area contributed by atoms with Crippen molar-refractivity contribution in [2.24, 2.45) is 50.2 Å². The van der Waals surface area contributed by atoms with E-state index in [4.69, 9.17) is 28.4 Å². The summed E-state index contributed by atoms with van der Waals surface area (Å²) in [6.07, 6.45) is -11.0. The fraction of sp³-hybridized carbons (Fsp3) is 0.936. The summed E-state index contributed by atoms with van der Waals surface area (Å²) in [7, 11) is 0. The van der Waals surface area contributed by atoms with Gasteiger partial charge in [-0.15, -0.1) is 0 Å². The lowest BCUT2D eigenvalue weighted by Gasteiger charge is -2.71. The molecule has 4 saturated carbocycles. The van der Waals surface area contributed by atoms with Gasteiger partial charge in [-0.25, -0.2) is 0 Å². The van der Waals surface area contributed by atoms with Gasteiger partial charge < -0.3 is 79.5 Å². The van der Waals surface area contributed by atoms with E-state index in [1.165, 1.54) is 5.57 Å². The Morgan fingerprint density at radius 1 is 0.719 bits per heavy atom. The van der Waals surface area contributed by atoms with Crippen LogP contribution in [-0.4, -0.2) is 169 Å². The van der Waals surface area contributed by atoms with Gasteiger partial charge in [0.15, 0.2) is 12.6 Å². The van der Waals surface area contributed by atoms with Gasteiger partial charge >= 0.3 is 5.97 Å². The van der Waals surface area contributed by atoms with Gasteiger partial charge in [0.25, 0.3) is 0 Å². The van der Waals surface area contributed by atoms with Crippen LogP contribution >= 0.6 is 0 Å². The van der Waals surface area contributed by atoms with Crippen molar-refractivity contribution in [1.82, 2.24) is 0 Å². The molecule has 17 heteroatoms. The molecule has 0 amide bonds. The average molecular weight is 913 g/mol. The molecule has 3 heterocycles. The number of aliphatic hydroxyl groups excluding tert-OH is 10. The predicted molar refractivity (Wildman–Crippen MR) is 224 cm³/mol. The molecule has 64 heavy (non-hydrogen) atoms. The molecule has 366 valence electrons. The molecule has 10 N–H and O–H groups in total. The van der Waals surface area contributed by atoms with Gasteiger partial charge in [-0.2, -0.15) is 0 Å². The minimum absolute atomic E-state index is 0.00748. The molecule has 23 atom stereocenters. The van der Waals surface area contributed by atoms with Gasteiger partial charge in [-0.1, -0.05) is 53.2 Å². The molecule has 3 saturated heterocycles. The normalized spacial score (nSPS) is 54.9. The highest BCUT2D eigenvalue weighted by molar-refractivity contribution is 5.79. The average Bonchev–Trinajstić information content (AvgIpc) is 3.25. The first-order chi connectivity index (χ1) is 29.9. The maximum Gasteiger partial charge on any atom is 0.315 e. The molecule has 0 aromatic rings. The van der Waals surface area contributed by atoms with Gasteiger partial charge in [0.2, 0.25) is 6.29 Å². The highest BCUT2D eigenvalue weighted by atomic mass is 16.7. The van der Waals surface area contributed by atoms with Crippen molar-refractivity contribution in [1.29, 1.82) is 0 Å². The molecule has 8 aliphatic rings. The maximum absolute atomic E-state index is 14.6. The topological polar surface area (TPSA) is 275 Å². The van der Waals surface area contributed by atoms with E-state index < -0.39 is 116 Å². The van der Waals surface area contributed by atoms with Crippen molar-refractivity contribution in [3.63, 3.8) is 0 Å². The predicted octanol–water partition coefficient (Wildman–Crippen LogP) is 0.780. The molecular formula is C47H76O17. The summed E-state index contributed by atoms with van der Waals surface area (Å²) in [5.41, 5.74) is -1.08. The van der Waals surface area contributed by atoms with Crippen LogP contribution in [0.5, 0.6) is 0 Å². The fourth-order valence-electron chi connectivity index (χ4n) is 14.7. The zero-order chi connectivity index (χ0) is 46.7. The number of hydrogen-bond donors (Lipinski definition) is 10. The molecule has 0 radical (unpaired) electrons. The van der Waals surface area contributed by atoms with Crippen LogP contribution in [0.2, 0.25) is 0 Å². The van der Waals surface area contributed by atoms with E-state index in [2.05, 4.69) is 40.7 Å². The minimum atomic E-state index is -1.67. The van der Waals surface area contributed by atoms with Gasteiger partial charge in [0.05, 0.1) is 37.4 Å². The number of esters is 1. The second-order valence-corrected chi connectivity index (χ2v) is 22.8. The Hall–Kier alpha value is -1.39. The molecule has 5 aliphatic carbocycles. The SMILES string of the molecule is CC1OC(OC(=O)C23CCC(C)(C)CC2C2=CCC4C5(C)CCC(OC6OC(CO)C(OC7OCC(O)C(O)C7O)C(O)C6O)C(C)(CO)C5CCC4(C)C2(C)CC3)C(O)C(O)C1O. The van der Waals surface area contributed by atoms with Crippen molar-refractivity contribution in [3.05, 3.63) is 11.6 Å². The van der Waals surface area contributed by atoms with Crippen LogP contribution < -0.4 is 0 Å². The summed E-state index contributed by atoms with van der Waals surface area (Å²) in [6.45, 7) is 14.1. The van der Waals surface area contributed by atoms with Crippen LogP contribution in [0.1, 0.15) is 113 Å². The number of fused-ring (bicyclic) bond motifs is 7. The van der Waals surface area contributed by atoms with Crippen molar-refractivity contribution >= 4 is 5.97 Å². The van der Waals surface area contributed by atoms with Crippen LogP contribution in [0.15, 0.2) is 11.6 Å². The summed E-state index contributed by atoms with van der Waals surface area (Å²) >= 11 is 0. The number of carbonyl (C=O) groups excluding carboxylic acids is 1. The van der Waals surface area contributed by atoms with Gasteiger partial charge in [0, 0.05) is 5.41 Å². The van der Waals surface area contributed by atoms with E-state index in [1.807, 2.05) is 6.92 Å². The Balaban J connectivity index is 1.02. The highest BCUT2D eigenvalue weighted by Gasteiger charge is 2.70. The van der Waals surface area contributed by atoms with E-state index >= 15 is 0 Å². The molecule has 0 spiro atoms. The molecule has 17 nitrogen and oxygen atoms in total. The zero-order valence-corrected chi connectivity index (χ0v) is 38.5. The van der Waals surface area contributed by atoms with E-state index in [9.17, 15) is 55.9 Å². The van der Waals surface area contributed by atoms with Crippen molar-refractivity contribution in [2.45, 2.75) is 205 Å². The van der Waals surface area contributed by atoms with Crippen molar-refractivity contribution < 1.29 is 84.3 Å². The number of rotatable bonds is 8. The maximum atomic E-state index is 14.6. The van der Waals surface area contributed by atoms with Crippen molar-refractivity contribution in [2.75, 3.05) is 19.8 Å². The standard InChI is InChI=1S/C47H76O17/c1-22-30(51)32(53)35(56)39(60-22)64-41(58)47-16-14-42(2,3)18-24(47)23-8-9-28-43(4)12-11-29(44(5,21-49)27(43)10-13-46(28,7)45(23,6)15-17-47)62-40-36(57)33(54)37(26(19-48)61-40)63-38-34(55)31(52)25(50)20-59-38/h8,22,24-40,48-57H,9-21H2,1-7H3. The van der Waals surface area contributed by atoms with Crippen LogP contribution in [0.3, 0.4) is 0 Å². The van der Waals surface area contributed by atoms with Crippen LogP contribution in [-0.2, 0) is 33.2 Å². The first kappa shape index (κ1) is 49.0. The van der Waals surface area contributed by atoms with Crippen LogP contribution in [0, 0.1) is 50.2 Å². The number of ether oxygens (including phenoxy) is 6. The van der Waals surface area contributed by atoms with E-state index in [0.29, 0.717) is 19.3 Å². The third-order valence-electron chi connectivity index (χ3n) is 19.0. The molecule has 8 rings (SSSR count). The Labute approximate surface area is 376 Å². The summed E-state index contributed by atoms with van der Waals surface area (Å²) in [5.74, 6) is -0.341. The summed E-state index contributed by atoms with van der Waals surface area (Å²) in [5, 5.41) is 107. The molecule has 23 unspecified atom stereocenters. The molecule has 0 bridgehead atoms. The third kappa shape index (κ3) is 7.49. The lowest BCUT2D eigenvalue weighted by Crippen LogP contribution is -2.67. The quantitative estimate of drug-likeness (QED) is 0.0916. The number of aliphatic hydroxyl groups is 10. The molecule has 0 aromatic heterocycles. The largest absolute Gasteiger partial charge is 0.432 e. The highest BCUT2D eigenvalue weighted by Crippen LogP contribution is 2.76. The van der Waals surface area contributed by atoms with Crippen LogP contribution in [0.25, 0.3) is 0 Å². The van der Waals surface area contributed by atoms with Crippen molar-refractivity contribution in [3.8, 4) is 0 Å². The van der Waals surface area contributed by atoms with Gasteiger partial charge in [0.1, 0.15) is 61.0 Å². The Kier molecular flexibility index (Phi) is 13.2. The molecule has 3 aliphatic heterocycles. The summed E-state index contributed by atoms with van der Waals surface area (Å²) < 4.78 is 35.5. The Morgan fingerprint density at radius 3 is 2.08 bits per heavy atom. The lowest BCUT2D eigenvalue weighted by atomic mass is 9.33. The van der Waals surface area contributed by atoms with E-state index in [0.717, 1.165) is 44.9 Å². The minimum Gasteiger partial charge on any atom is -0.432 e. The molecule has 7 fully saturated rings. The van der Waals surface area contributed by atoms with Gasteiger partial charge in [-0.3, -0.25) is 4.79 Å². The first-order valence-corrected chi connectivity index (χ1v) is 23.7. The number of carbonyl (C=O) groups is 1. The van der Waals surface area contributed by atoms with E-state index in [1.54, 1.807) is 6.92 Å². The summed E-state index contributed by atoms with van der Waals surface area (Å²) in [4.78, 5) is 14.6. The second-order valence-electron chi connectivity index (χ2n) is 22.8. The third-order valence-corrected chi connectivity index (χ3v) is 19.0. The number of allylic oxidation sites excluding steroid dienone is 2.